The van der Waals surface area contributed by atoms with E-state index in [1.165, 1.54) is 12.4 Å². The number of alkyl halides is 1. The minimum absolute atomic E-state index is 0.147. The molecule has 1 aromatic carbocycles. The predicted octanol–water partition coefficient (Wildman–Crippen LogP) is 5.39. The maximum atomic E-state index is 16.3. The van der Waals surface area contributed by atoms with E-state index < -0.39 is 24.5 Å². The first-order valence-corrected chi connectivity index (χ1v) is 10.3. The zero-order valence-electron chi connectivity index (χ0n) is 14.6. The second kappa shape index (κ2) is 8.41. The van der Waals surface area contributed by atoms with Gasteiger partial charge in [0.1, 0.15) is 0 Å². The Kier molecular flexibility index (Phi) is 6.74. The molecule has 0 spiro atoms. The van der Waals surface area contributed by atoms with Gasteiger partial charge in [0.2, 0.25) is 0 Å². The van der Waals surface area contributed by atoms with Gasteiger partial charge in [-0.15, -0.1) is 0 Å². The number of halogens is 1. The van der Waals surface area contributed by atoms with Crippen molar-refractivity contribution in [1.29, 1.82) is 0 Å². The van der Waals surface area contributed by atoms with Crippen molar-refractivity contribution in [3.63, 3.8) is 0 Å². The van der Waals surface area contributed by atoms with Crippen LogP contribution in [0.4, 0.5) is 4.39 Å². The molecule has 0 saturated carbocycles. The number of hydrogen-bond donors (Lipinski definition) is 0. The topological polar surface area (TPSA) is 61.3 Å². The molecule has 2 rings (SSSR count). The fraction of sp³-hybridized carbons (Fsp3) is 0.412. The number of rotatable bonds is 8. The first kappa shape index (κ1) is 20.0. The van der Waals surface area contributed by atoms with Gasteiger partial charge >= 0.3 is 7.60 Å². The Labute approximate surface area is 151 Å². The second-order valence-electron chi connectivity index (χ2n) is 5.87. The maximum absolute atomic E-state index is 16.3. The van der Waals surface area contributed by atoms with Crippen LogP contribution in [0.1, 0.15) is 33.3 Å². The van der Waals surface area contributed by atoms with Gasteiger partial charge in [0, 0.05) is 18.0 Å². The number of hydrogen-bond acceptors (Lipinski definition) is 6. The molecule has 1 heterocycles. The van der Waals surface area contributed by atoms with E-state index >= 15 is 4.39 Å². The van der Waals surface area contributed by atoms with Crippen LogP contribution in [0, 0.1) is 0 Å². The van der Waals surface area contributed by atoms with Crippen molar-refractivity contribution < 1.29 is 18.0 Å². The second-order valence-corrected chi connectivity index (χ2v) is 9.33. The summed E-state index contributed by atoms with van der Waals surface area (Å²) < 4.78 is 38.5. The van der Waals surface area contributed by atoms with Crippen molar-refractivity contribution in [2.75, 3.05) is 0 Å². The molecule has 0 aliphatic heterocycles. The highest BCUT2D eigenvalue weighted by molar-refractivity contribution is 8.05. The molecule has 0 bridgehead atoms. The molecule has 1 aromatic heterocycles. The highest BCUT2D eigenvalue weighted by Gasteiger charge is 2.56. The Morgan fingerprint density at radius 1 is 1.00 bits per heavy atom. The minimum atomic E-state index is -4.22. The summed E-state index contributed by atoms with van der Waals surface area (Å²) in [6.07, 6.45) is 2.03. The molecule has 1 atom stereocenters. The molecule has 25 heavy (non-hydrogen) atoms. The molecular weight excluding hydrogens is 362 g/mol. The van der Waals surface area contributed by atoms with Crippen LogP contribution in [-0.4, -0.2) is 22.2 Å². The molecule has 0 fully saturated rings. The van der Waals surface area contributed by atoms with Gasteiger partial charge in [-0.1, -0.05) is 30.3 Å². The van der Waals surface area contributed by atoms with Crippen LogP contribution in [0.25, 0.3) is 0 Å². The van der Waals surface area contributed by atoms with E-state index in [-0.39, 0.29) is 10.7 Å². The molecule has 0 radical (unpaired) electrons. The molecule has 5 nitrogen and oxygen atoms in total. The fourth-order valence-corrected chi connectivity index (χ4v) is 5.66. The van der Waals surface area contributed by atoms with Gasteiger partial charge in [0.05, 0.1) is 12.2 Å². The van der Waals surface area contributed by atoms with Crippen molar-refractivity contribution in [2.24, 2.45) is 0 Å². The quantitative estimate of drug-likeness (QED) is 0.345. The Balaban J connectivity index is 2.57. The van der Waals surface area contributed by atoms with Gasteiger partial charge in [-0.3, -0.25) is 4.57 Å². The molecular formula is C17H22FN2O3PS. The zero-order chi connectivity index (χ0) is 18.5. The zero-order valence-corrected chi connectivity index (χ0v) is 16.3. The van der Waals surface area contributed by atoms with E-state index in [0.717, 1.165) is 0 Å². The minimum Gasteiger partial charge on any atom is -0.303 e. The smallest absolute Gasteiger partial charge is 0.303 e. The standard InChI is InChI=1S/C17H22FN2O3PS/c1-13(2)22-24(21,23-14(3)4)17(18,15-9-6-5-7-10-15)25-16-19-11-8-12-20-16/h5-14H,1-4H3. The predicted molar refractivity (Wildman–Crippen MR) is 97.2 cm³/mol. The van der Waals surface area contributed by atoms with Crippen molar-refractivity contribution in [3.8, 4) is 0 Å². The van der Waals surface area contributed by atoms with Crippen LogP contribution in [0.3, 0.4) is 0 Å². The summed E-state index contributed by atoms with van der Waals surface area (Å²) in [5, 5.41) is 0.147. The van der Waals surface area contributed by atoms with Gasteiger partial charge in [0.15, 0.2) is 5.16 Å². The summed E-state index contributed by atoms with van der Waals surface area (Å²) >= 11 is 0.633. The fourth-order valence-electron chi connectivity index (χ4n) is 2.09. The highest BCUT2D eigenvalue weighted by Crippen LogP contribution is 2.72. The molecule has 0 saturated heterocycles. The lowest BCUT2D eigenvalue weighted by Crippen LogP contribution is -2.24. The van der Waals surface area contributed by atoms with E-state index in [2.05, 4.69) is 9.97 Å². The number of aromatic nitrogens is 2. The SMILES string of the molecule is CC(C)OP(=O)(OC(C)C)C(F)(Sc1ncccn1)c1ccccc1. The average molecular weight is 384 g/mol. The highest BCUT2D eigenvalue weighted by atomic mass is 32.2. The molecule has 2 aromatic rings. The third-order valence-electron chi connectivity index (χ3n) is 2.95. The van der Waals surface area contributed by atoms with Crippen LogP contribution >= 0.6 is 19.4 Å². The molecule has 136 valence electrons. The number of thioether (sulfide) groups is 1. The average Bonchev–Trinajstić information content (AvgIpc) is 2.55. The summed E-state index contributed by atoms with van der Waals surface area (Å²) in [5.74, 6) is 0. The van der Waals surface area contributed by atoms with Gasteiger partial charge < -0.3 is 9.05 Å². The third-order valence-corrected chi connectivity index (χ3v) is 7.16. The number of benzene rings is 1. The van der Waals surface area contributed by atoms with Gasteiger partial charge in [0.25, 0.3) is 4.74 Å². The van der Waals surface area contributed by atoms with Crippen LogP contribution in [0.2, 0.25) is 0 Å². The summed E-state index contributed by atoms with van der Waals surface area (Å²) in [6, 6.07) is 9.83. The molecule has 0 aliphatic carbocycles. The van der Waals surface area contributed by atoms with Crippen LogP contribution in [0.5, 0.6) is 0 Å². The van der Waals surface area contributed by atoms with E-state index in [0.29, 0.717) is 11.8 Å². The van der Waals surface area contributed by atoms with E-state index in [1.807, 2.05) is 0 Å². The third kappa shape index (κ3) is 4.88. The van der Waals surface area contributed by atoms with E-state index in [4.69, 9.17) is 9.05 Å². The van der Waals surface area contributed by atoms with Crippen LogP contribution in [-0.2, 0) is 18.4 Å². The Bertz CT molecular complexity index is 704. The number of nitrogens with zero attached hydrogens (tertiary/aromatic N) is 2. The summed E-state index contributed by atoms with van der Waals surface area (Å²) in [5.41, 5.74) is 0.178. The largest absolute Gasteiger partial charge is 0.383 e. The monoisotopic (exact) mass is 384 g/mol. The first-order valence-electron chi connectivity index (χ1n) is 7.94. The summed E-state index contributed by atoms with van der Waals surface area (Å²) in [6.45, 7) is 6.74. The molecule has 8 heteroatoms. The lowest BCUT2D eigenvalue weighted by atomic mass is 10.2. The Morgan fingerprint density at radius 3 is 2.00 bits per heavy atom. The molecule has 0 N–H and O–H groups in total. The van der Waals surface area contributed by atoms with Crippen molar-refractivity contribution in [1.82, 2.24) is 9.97 Å². The van der Waals surface area contributed by atoms with Gasteiger partial charge in [-0.2, -0.15) is 0 Å². The van der Waals surface area contributed by atoms with E-state index in [1.54, 1.807) is 64.1 Å². The van der Waals surface area contributed by atoms with Crippen LogP contribution < -0.4 is 0 Å². The Hall–Kier alpha value is -1.27. The maximum Gasteiger partial charge on any atom is 0.383 e. The van der Waals surface area contributed by atoms with Gasteiger partial charge in [-0.05, 0) is 45.5 Å². The Morgan fingerprint density at radius 2 is 1.52 bits per heavy atom. The normalized spacial score (nSPS) is 14.7. The van der Waals surface area contributed by atoms with Gasteiger partial charge in [-0.25, -0.2) is 14.4 Å². The first-order chi connectivity index (χ1) is 11.8. The van der Waals surface area contributed by atoms with Crippen LogP contribution in [0.15, 0.2) is 53.9 Å². The summed E-state index contributed by atoms with van der Waals surface area (Å²) in [4.78, 5) is 8.08. The molecule has 0 amide bonds. The lowest BCUT2D eigenvalue weighted by Gasteiger charge is -2.34. The van der Waals surface area contributed by atoms with Crippen molar-refractivity contribution in [2.45, 2.75) is 49.8 Å². The lowest BCUT2D eigenvalue weighted by molar-refractivity contribution is 0.116. The molecule has 0 aliphatic rings. The van der Waals surface area contributed by atoms with Crippen molar-refractivity contribution >= 4 is 19.4 Å². The van der Waals surface area contributed by atoms with E-state index in [9.17, 15) is 4.57 Å². The molecule has 1 unspecified atom stereocenters. The summed E-state index contributed by atoms with van der Waals surface area (Å²) in [7, 11) is -4.22. The van der Waals surface area contributed by atoms with Crippen molar-refractivity contribution in [3.05, 3.63) is 54.4 Å².